The van der Waals surface area contributed by atoms with Gasteiger partial charge >= 0.3 is 0 Å². The normalized spacial score (nSPS) is 11.0. The van der Waals surface area contributed by atoms with Crippen LogP contribution >= 0.6 is 15.9 Å². The Balaban J connectivity index is 2.37. The van der Waals surface area contributed by atoms with E-state index in [1.807, 2.05) is 0 Å². The van der Waals surface area contributed by atoms with Gasteiger partial charge in [0.15, 0.2) is 0 Å². The molecule has 0 fully saturated rings. The Morgan fingerprint density at radius 2 is 1.83 bits per heavy atom. The zero-order chi connectivity index (χ0) is 17.7. The van der Waals surface area contributed by atoms with E-state index in [2.05, 4.69) is 26.0 Å². The fraction of sp³-hybridized carbons (Fsp3) is 0.188. The van der Waals surface area contributed by atoms with Crippen LogP contribution in [0.4, 0.5) is 5.69 Å². The van der Waals surface area contributed by atoms with Crippen molar-refractivity contribution in [1.29, 1.82) is 0 Å². The maximum Gasteiger partial charge on any atom is 0.261 e. The molecule has 0 aromatic heterocycles. The van der Waals surface area contributed by atoms with E-state index >= 15 is 0 Å². The molecule has 6 nitrogen and oxygen atoms in total. The number of sulfonamides is 1. The van der Waals surface area contributed by atoms with Crippen molar-refractivity contribution in [2.75, 3.05) is 18.4 Å². The second kappa shape index (κ2) is 7.67. The van der Waals surface area contributed by atoms with Crippen LogP contribution in [0, 0.1) is 0 Å². The first kappa shape index (κ1) is 18.3. The van der Waals surface area contributed by atoms with Crippen molar-refractivity contribution in [3.05, 3.63) is 52.5 Å². The fourth-order valence-electron chi connectivity index (χ4n) is 2.02. The SMILES string of the molecule is CCNC(=O)c1cc(S(=O)(=O)Nc2ccc(Br)cc2)ccc1OC. The summed E-state index contributed by atoms with van der Waals surface area (Å²) in [6.07, 6.45) is 0. The monoisotopic (exact) mass is 412 g/mol. The molecule has 128 valence electrons. The summed E-state index contributed by atoms with van der Waals surface area (Å²) in [5, 5.41) is 2.63. The van der Waals surface area contributed by atoms with Crippen LogP contribution in [0.15, 0.2) is 51.8 Å². The van der Waals surface area contributed by atoms with Crippen molar-refractivity contribution in [2.45, 2.75) is 11.8 Å². The highest BCUT2D eigenvalue weighted by atomic mass is 79.9. The molecular formula is C16H17BrN2O4S. The lowest BCUT2D eigenvalue weighted by atomic mass is 10.2. The summed E-state index contributed by atoms with van der Waals surface area (Å²) in [5.41, 5.74) is 0.589. The van der Waals surface area contributed by atoms with E-state index in [4.69, 9.17) is 4.74 Å². The van der Waals surface area contributed by atoms with Gasteiger partial charge in [0.05, 0.1) is 17.6 Å². The highest BCUT2D eigenvalue weighted by Gasteiger charge is 2.19. The van der Waals surface area contributed by atoms with Gasteiger partial charge in [0.2, 0.25) is 0 Å². The third kappa shape index (κ3) is 4.27. The number of methoxy groups -OCH3 is 1. The van der Waals surface area contributed by atoms with Crippen molar-refractivity contribution < 1.29 is 17.9 Å². The minimum Gasteiger partial charge on any atom is -0.496 e. The molecule has 0 radical (unpaired) electrons. The van der Waals surface area contributed by atoms with Gasteiger partial charge in [-0.05, 0) is 49.4 Å². The molecule has 0 atom stereocenters. The van der Waals surface area contributed by atoms with Gasteiger partial charge in [0, 0.05) is 16.7 Å². The van der Waals surface area contributed by atoms with Crippen molar-refractivity contribution in [2.24, 2.45) is 0 Å². The van der Waals surface area contributed by atoms with Gasteiger partial charge in [-0.3, -0.25) is 9.52 Å². The van der Waals surface area contributed by atoms with Crippen LogP contribution in [0.25, 0.3) is 0 Å². The summed E-state index contributed by atoms with van der Waals surface area (Å²) >= 11 is 3.29. The first-order valence-electron chi connectivity index (χ1n) is 7.12. The molecule has 0 saturated heterocycles. The summed E-state index contributed by atoms with van der Waals surface area (Å²) < 4.78 is 33.5. The van der Waals surface area contributed by atoms with Gasteiger partial charge in [0.1, 0.15) is 5.75 Å². The summed E-state index contributed by atoms with van der Waals surface area (Å²) in [4.78, 5) is 12.1. The van der Waals surface area contributed by atoms with Crippen LogP contribution in [-0.2, 0) is 10.0 Å². The maximum absolute atomic E-state index is 12.5. The minimum absolute atomic E-state index is 0.0209. The van der Waals surface area contributed by atoms with Crippen LogP contribution in [0.2, 0.25) is 0 Å². The number of rotatable bonds is 6. The Hall–Kier alpha value is -2.06. The molecule has 0 bridgehead atoms. The Bertz CT molecular complexity index is 836. The summed E-state index contributed by atoms with van der Waals surface area (Å²) in [7, 11) is -2.40. The number of carbonyl (C=O) groups is 1. The Kier molecular flexibility index (Phi) is 5.84. The molecule has 0 heterocycles. The van der Waals surface area contributed by atoms with Crippen LogP contribution in [0.1, 0.15) is 17.3 Å². The molecule has 0 aliphatic carbocycles. The Morgan fingerprint density at radius 3 is 2.42 bits per heavy atom. The van der Waals surface area contributed by atoms with Crippen molar-refractivity contribution >= 4 is 37.5 Å². The molecule has 8 heteroatoms. The number of halogens is 1. The predicted molar refractivity (Wildman–Crippen MR) is 96.0 cm³/mol. The summed E-state index contributed by atoms with van der Waals surface area (Å²) in [5.74, 6) is -0.0846. The molecule has 1 amide bonds. The number of nitrogens with one attached hydrogen (secondary N) is 2. The van der Waals surface area contributed by atoms with Crippen LogP contribution in [0.5, 0.6) is 5.75 Å². The molecule has 0 spiro atoms. The molecule has 0 unspecified atom stereocenters. The zero-order valence-electron chi connectivity index (χ0n) is 13.2. The number of amides is 1. The molecular weight excluding hydrogens is 396 g/mol. The van der Waals surface area contributed by atoms with Gasteiger partial charge in [-0.15, -0.1) is 0 Å². The topological polar surface area (TPSA) is 84.5 Å². The van der Waals surface area contributed by atoms with E-state index in [1.54, 1.807) is 31.2 Å². The molecule has 0 saturated carbocycles. The van der Waals surface area contributed by atoms with Crippen LogP contribution in [-0.4, -0.2) is 28.0 Å². The van der Waals surface area contributed by atoms with Crippen molar-refractivity contribution in [1.82, 2.24) is 5.32 Å². The predicted octanol–water partition coefficient (Wildman–Crippen LogP) is 3.01. The quantitative estimate of drug-likeness (QED) is 0.763. The molecule has 2 aromatic rings. The maximum atomic E-state index is 12.5. The molecule has 2 rings (SSSR count). The van der Waals surface area contributed by atoms with Gasteiger partial charge in [-0.1, -0.05) is 15.9 Å². The first-order chi connectivity index (χ1) is 11.4. The lowest BCUT2D eigenvalue weighted by Crippen LogP contribution is -2.24. The second-order valence-electron chi connectivity index (χ2n) is 4.83. The number of ether oxygens (including phenoxy) is 1. The Labute approximate surface area is 149 Å². The smallest absolute Gasteiger partial charge is 0.261 e. The average Bonchev–Trinajstić information content (AvgIpc) is 2.56. The van der Waals surface area contributed by atoms with E-state index in [0.29, 0.717) is 18.0 Å². The fourth-order valence-corrected chi connectivity index (χ4v) is 3.37. The van der Waals surface area contributed by atoms with E-state index in [1.165, 1.54) is 25.3 Å². The lowest BCUT2D eigenvalue weighted by Gasteiger charge is -2.12. The number of anilines is 1. The Morgan fingerprint density at radius 1 is 1.17 bits per heavy atom. The van der Waals surface area contributed by atoms with Crippen molar-refractivity contribution in [3.63, 3.8) is 0 Å². The highest BCUT2D eigenvalue weighted by Crippen LogP contribution is 2.24. The third-order valence-corrected chi connectivity index (χ3v) is 5.07. The standard InChI is InChI=1S/C16H17BrN2O4S/c1-3-18-16(20)14-10-13(8-9-15(14)23-2)24(21,22)19-12-6-4-11(17)5-7-12/h4-10,19H,3H2,1-2H3,(H,18,20). The van der Waals surface area contributed by atoms with E-state index < -0.39 is 15.9 Å². The third-order valence-electron chi connectivity index (χ3n) is 3.16. The van der Waals surface area contributed by atoms with Gasteiger partial charge in [-0.2, -0.15) is 0 Å². The molecule has 0 aliphatic heterocycles. The molecule has 0 aliphatic rings. The molecule has 24 heavy (non-hydrogen) atoms. The van der Waals surface area contributed by atoms with Crippen molar-refractivity contribution in [3.8, 4) is 5.75 Å². The van der Waals surface area contributed by atoms with Gasteiger partial charge < -0.3 is 10.1 Å². The van der Waals surface area contributed by atoms with E-state index in [9.17, 15) is 13.2 Å². The second-order valence-corrected chi connectivity index (χ2v) is 7.43. The van der Waals surface area contributed by atoms with Crippen LogP contribution in [0.3, 0.4) is 0 Å². The van der Waals surface area contributed by atoms with Gasteiger partial charge in [-0.25, -0.2) is 8.42 Å². The number of hydrogen-bond acceptors (Lipinski definition) is 4. The molecule has 2 aromatic carbocycles. The number of benzene rings is 2. The van der Waals surface area contributed by atoms with E-state index in [-0.39, 0.29) is 10.5 Å². The van der Waals surface area contributed by atoms with Crippen LogP contribution < -0.4 is 14.8 Å². The van der Waals surface area contributed by atoms with E-state index in [0.717, 1.165) is 4.47 Å². The highest BCUT2D eigenvalue weighted by molar-refractivity contribution is 9.10. The first-order valence-corrected chi connectivity index (χ1v) is 9.39. The zero-order valence-corrected chi connectivity index (χ0v) is 15.6. The van der Waals surface area contributed by atoms with Gasteiger partial charge in [0.25, 0.3) is 15.9 Å². The number of carbonyl (C=O) groups excluding carboxylic acids is 1. The summed E-state index contributed by atoms with van der Waals surface area (Å²) in [6.45, 7) is 2.20. The largest absolute Gasteiger partial charge is 0.496 e. The average molecular weight is 413 g/mol. The lowest BCUT2D eigenvalue weighted by molar-refractivity contribution is 0.0952. The summed E-state index contributed by atoms with van der Waals surface area (Å²) in [6, 6.07) is 10.9. The minimum atomic E-state index is -3.82. The number of hydrogen-bond donors (Lipinski definition) is 2. The molecule has 2 N–H and O–H groups in total.